The van der Waals surface area contributed by atoms with E-state index in [1.54, 1.807) is 21.1 Å². The Morgan fingerprint density at radius 2 is 2.12 bits per heavy atom. The van der Waals surface area contributed by atoms with E-state index in [4.69, 9.17) is 10.5 Å². The van der Waals surface area contributed by atoms with Gasteiger partial charge in [-0.2, -0.15) is 0 Å². The maximum absolute atomic E-state index is 11.4. The van der Waals surface area contributed by atoms with Crippen molar-refractivity contribution in [2.24, 2.45) is 5.73 Å². The molecule has 0 bridgehead atoms. The molecule has 0 saturated carbocycles. The summed E-state index contributed by atoms with van der Waals surface area (Å²) in [5.74, 6) is -0.431. The zero-order chi connectivity index (χ0) is 12.6. The molecule has 6 nitrogen and oxygen atoms in total. The van der Waals surface area contributed by atoms with E-state index in [0.717, 1.165) is 6.42 Å². The summed E-state index contributed by atoms with van der Waals surface area (Å²) in [6.07, 6.45) is 0.757. The maximum atomic E-state index is 11.4. The van der Waals surface area contributed by atoms with Gasteiger partial charge >= 0.3 is 0 Å². The molecule has 0 rings (SSSR count). The van der Waals surface area contributed by atoms with Crippen LogP contribution in [0, 0.1) is 0 Å². The molecule has 0 radical (unpaired) electrons. The summed E-state index contributed by atoms with van der Waals surface area (Å²) < 4.78 is 4.84. The number of amides is 2. The van der Waals surface area contributed by atoms with Crippen LogP contribution in [0.5, 0.6) is 0 Å². The largest absolute Gasteiger partial charge is 0.385 e. The van der Waals surface area contributed by atoms with Gasteiger partial charge in [0, 0.05) is 27.3 Å². The van der Waals surface area contributed by atoms with Crippen LogP contribution in [-0.2, 0) is 14.3 Å². The summed E-state index contributed by atoms with van der Waals surface area (Å²) in [6, 6.07) is -0.578. The van der Waals surface area contributed by atoms with E-state index >= 15 is 0 Å². The average molecular weight is 231 g/mol. The molecule has 0 spiro atoms. The third-order valence-corrected chi connectivity index (χ3v) is 1.99. The lowest BCUT2D eigenvalue weighted by atomic mass is 10.3. The van der Waals surface area contributed by atoms with Gasteiger partial charge in [-0.05, 0) is 13.3 Å². The first-order valence-corrected chi connectivity index (χ1v) is 5.25. The van der Waals surface area contributed by atoms with E-state index in [2.05, 4.69) is 5.32 Å². The lowest BCUT2D eigenvalue weighted by Crippen LogP contribution is -2.44. The molecule has 6 heteroatoms. The van der Waals surface area contributed by atoms with Crippen molar-refractivity contribution in [1.82, 2.24) is 10.2 Å². The minimum atomic E-state index is -0.578. The SMILES string of the molecule is COCCCNC(=O)CN(C)C(=O)[C@H](C)N. The van der Waals surface area contributed by atoms with Crippen molar-refractivity contribution < 1.29 is 14.3 Å². The molecule has 0 aliphatic rings. The Bertz CT molecular complexity index is 231. The van der Waals surface area contributed by atoms with E-state index in [-0.39, 0.29) is 18.4 Å². The van der Waals surface area contributed by atoms with Crippen molar-refractivity contribution in [1.29, 1.82) is 0 Å². The molecule has 1 atom stereocenters. The minimum absolute atomic E-state index is 0.0351. The Labute approximate surface area is 96.1 Å². The van der Waals surface area contributed by atoms with Gasteiger partial charge in [0.05, 0.1) is 12.6 Å². The number of hydrogen-bond donors (Lipinski definition) is 2. The summed E-state index contributed by atoms with van der Waals surface area (Å²) in [5, 5.41) is 2.69. The maximum Gasteiger partial charge on any atom is 0.239 e. The van der Waals surface area contributed by atoms with Crippen LogP contribution in [-0.4, -0.2) is 56.6 Å². The van der Waals surface area contributed by atoms with Gasteiger partial charge in [-0.3, -0.25) is 9.59 Å². The van der Waals surface area contributed by atoms with Crippen LogP contribution in [0.4, 0.5) is 0 Å². The highest BCUT2D eigenvalue weighted by Gasteiger charge is 2.15. The molecular weight excluding hydrogens is 210 g/mol. The second kappa shape index (κ2) is 8.06. The van der Waals surface area contributed by atoms with Crippen LogP contribution in [0.3, 0.4) is 0 Å². The molecule has 0 aliphatic heterocycles. The molecule has 94 valence electrons. The summed E-state index contributed by atoms with van der Waals surface area (Å²) >= 11 is 0. The molecule has 0 fully saturated rings. The van der Waals surface area contributed by atoms with E-state index in [1.807, 2.05) is 0 Å². The van der Waals surface area contributed by atoms with Crippen LogP contribution >= 0.6 is 0 Å². The number of methoxy groups -OCH3 is 1. The van der Waals surface area contributed by atoms with E-state index < -0.39 is 6.04 Å². The van der Waals surface area contributed by atoms with Crippen molar-refractivity contribution in [3.05, 3.63) is 0 Å². The fourth-order valence-electron chi connectivity index (χ4n) is 1.14. The molecule has 0 saturated heterocycles. The number of nitrogens with one attached hydrogen (secondary N) is 1. The van der Waals surface area contributed by atoms with Crippen molar-refractivity contribution in [3.63, 3.8) is 0 Å². The lowest BCUT2D eigenvalue weighted by molar-refractivity contribution is -0.135. The van der Waals surface area contributed by atoms with Gasteiger partial charge in [0.15, 0.2) is 0 Å². The number of hydrogen-bond acceptors (Lipinski definition) is 4. The highest BCUT2D eigenvalue weighted by molar-refractivity contribution is 5.86. The van der Waals surface area contributed by atoms with Crippen molar-refractivity contribution >= 4 is 11.8 Å². The van der Waals surface area contributed by atoms with Crippen molar-refractivity contribution in [3.8, 4) is 0 Å². The van der Waals surface area contributed by atoms with Crippen LogP contribution < -0.4 is 11.1 Å². The number of carbonyl (C=O) groups excluding carboxylic acids is 2. The number of rotatable bonds is 7. The molecule has 0 aromatic rings. The standard InChI is InChI=1S/C10H21N3O3/c1-8(11)10(15)13(2)7-9(14)12-5-4-6-16-3/h8H,4-7,11H2,1-3H3,(H,12,14)/t8-/m0/s1. The molecular formula is C10H21N3O3. The Kier molecular flexibility index (Phi) is 7.49. The molecule has 0 aromatic carbocycles. The van der Waals surface area contributed by atoms with E-state index in [0.29, 0.717) is 13.2 Å². The highest BCUT2D eigenvalue weighted by atomic mass is 16.5. The van der Waals surface area contributed by atoms with Crippen LogP contribution in [0.2, 0.25) is 0 Å². The van der Waals surface area contributed by atoms with Gasteiger partial charge in [0.25, 0.3) is 0 Å². The smallest absolute Gasteiger partial charge is 0.239 e. The number of likely N-dealkylation sites (N-methyl/N-ethyl adjacent to an activating group) is 1. The van der Waals surface area contributed by atoms with Gasteiger partial charge in [-0.15, -0.1) is 0 Å². The summed E-state index contributed by atoms with van der Waals surface area (Å²) in [7, 11) is 3.16. The van der Waals surface area contributed by atoms with Gasteiger partial charge in [-0.1, -0.05) is 0 Å². The summed E-state index contributed by atoms with van der Waals surface area (Å²) in [6.45, 7) is 2.78. The molecule has 0 unspecified atom stereocenters. The first-order chi connectivity index (χ1) is 7.49. The Morgan fingerprint density at radius 1 is 1.50 bits per heavy atom. The second-order valence-electron chi connectivity index (χ2n) is 3.68. The molecule has 2 amide bonds. The first kappa shape index (κ1) is 14.9. The second-order valence-corrected chi connectivity index (χ2v) is 3.68. The summed E-state index contributed by atoms with van der Waals surface area (Å²) in [4.78, 5) is 24.0. The number of nitrogens with two attached hydrogens (primary N) is 1. The van der Waals surface area contributed by atoms with Gasteiger partial charge in [0.1, 0.15) is 0 Å². The fraction of sp³-hybridized carbons (Fsp3) is 0.800. The van der Waals surface area contributed by atoms with Crippen LogP contribution in [0.15, 0.2) is 0 Å². The third-order valence-electron chi connectivity index (χ3n) is 1.99. The summed E-state index contributed by atoms with van der Waals surface area (Å²) in [5.41, 5.74) is 5.41. The van der Waals surface area contributed by atoms with Gasteiger partial charge in [0.2, 0.25) is 11.8 Å². The molecule has 0 heterocycles. The third kappa shape index (κ3) is 6.36. The highest BCUT2D eigenvalue weighted by Crippen LogP contribution is 1.89. The topological polar surface area (TPSA) is 84.7 Å². The zero-order valence-corrected chi connectivity index (χ0v) is 10.2. The first-order valence-electron chi connectivity index (χ1n) is 5.25. The number of carbonyl (C=O) groups is 2. The molecule has 16 heavy (non-hydrogen) atoms. The predicted octanol–water partition coefficient (Wildman–Crippen LogP) is -1.06. The van der Waals surface area contributed by atoms with Crippen LogP contribution in [0.25, 0.3) is 0 Å². The lowest BCUT2D eigenvalue weighted by Gasteiger charge is -2.18. The fourth-order valence-corrected chi connectivity index (χ4v) is 1.14. The number of ether oxygens (including phenoxy) is 1. The monoisotopic (exact) mass is 231 g/mol. The minimum Gasteiger partial charge on any atom is -0.385 e. The van der Waals surface area contributed by atoms with Gasteiger partial charge < -0.3 is 20.7 Å². The predicted molar refractivity (Wildman–Crippen MR) is 60.8 cm³/mol. The normalized spacial score (nSPS) is 12.0. The quantitative estimate of drug-likeness (QED) is 0.547. The Balaban J connectivity index is 3.74. The molecule has 3 N–H and O–H groups in total. The van der Waals surface area contributed by atoms with Gasteiger partial charge in [-0.25, -0.2) is 0 Å². The van der Waals surface area contributed by atoms with Crippen LogP contribution in [0.1, 0.15) is 13.3 Å². The Morgan fingerprint density at radius 3 is 2.62 bits per heavy atom. The van der Waals surface area contributed by atoms with Crippen molar-refractivity contribution in [2.45, 2.75) is 19.4 Å². The Hall–Kier alpha value is -1.14. The molecule has 0 aromatic heterocycles. The van der Waals surface area contributed by atoms with E-state index in [9.17, 15) is 9.59 Å². The molecule has 0 aliphatic carbocycles. The van der Waals surface area contributed by atoms with Crippen molar-refractivity contribution in [2.75, 3.05) is 33.9 Å². The van der Waals surface area contributed by atoms with E-state index in [1.165, 1.54) is 4.90 Å². The zero-order valence-electron chi connectivity index (χ0n) is 10.2. The number of nitrogens with zero attached hydrogens (tertiary/aromatic N) is 1. The average Bonchev–Trinajstić information content (AvgIpc) is 2.23.